The van der Waals surface area contributed by atoms with E-state index in [2.05, 4.69) is 5.16 Å². The Morgan fingerprint density at radius 2 is 1.85 bits per heavy atom. The summed E-state index contributed by atoms with van der Waals surface area (Å²) < 4.78 is 0. The number of rotatable bonds is 0. The van der Waals surface area contributed by atoms with Gasteiger partial charge in [-0.15, -0.1) is 0 Å². The Balaban J connectivity index is 2.15. The molecule has 5 nitrogen and oxygen atoms in total. The Bertz CT molecular complexity index is 217. The summed E-state index contributed by atoms with van der Waals surface area (Å²) in [6.45, 7) is 0. The maximum absolute atomic E-state index is 9.49. The van der Waals surface area contributed by atoms with E-state index in [1.165, 1.54) is 0 Å². The fraction of sp³-hybridized carbons (Fsp3) is 0.875. The SMILES string of the molecule is N/C(=N\O)N1C2CCC1CC(O)C2. The molecule has 0 amide bonds. The zero-order valence-corrected chi connectivity index (χ0v) is 7.43. The first-order valence-electron chi connectivity index (χ1n) is 4.66. The summed E-state index contributed by atoms with van der Waals surface area (Å²) >= 11 is 0. The molecule has 13 heavy (non-hydrogen) atoms. The van der Waals surface area contributed by atoms with E-state index in [1.54, 1.807) is 0 Å². The zero-order chi connectivity index (χ0) is 9.42. The molecule has 0 aromatic carbocycles. The van der Waals surface area contributed by atoms with Crippen LogP contribution in [0.3, 0.4) is 0 Å². The van der Waals surface area contributed by atoms with Gasteiger partial charge in [0.25, 0.3) is 0 Å². The number of hydrogen-bond acceptors (Lipinski definition) is 3. The van der Waals surface area contributed by atoms with Gasteiger partial charge in [0, 0.05) is 12.1 Å². The summed E-state index contributed by atoms with van der Waals surface area (Å²) in [5.74, 6) is 0.194. The first-order valence-corrected chi connectivity index (χ1v) is 4.66. The van der Waals surface area contributed by atoms with Crippen LogP contribution in [0.2, 0.25) is 0 Å². The van der Waals surface area contributed by atoms with Crippen molar-refractivity contribution in [2.75, 3.05) is 0 Å². The number of nitrogens with zero attached hydrogens (tertiary/aromatic N) is 2. The van der Waals surface area contributed by atoms with E-state index < -0.39 is 0 Å². The molecule has 0 radical (unpaired) electrons. The molecule has 0 aromatic heterocycles. The van der Waals surface area contributed by atoms with Crippen LogP contribution in [0.25, 0.3) is 0 Å². The number of aliphatic hydroxyl groups is 1. The second-order valence-electron chi connectivity index (χ2n) is 3.88. The van der Waals surface area contributed by atoms with Crippen LogP contribution in [-0.2, 0) is 0 Å². The van der Waals surface area contributed by atoms with Gasteiger partial charge in [-0.1, -0.05) is 5.16 Å². The molecule has 2 heterocycles. The molecular formula is C8H15N3O2. The van der Waals surface area contributed by atoms with E-state index >= 15 is 0 Å². The minimum Gasteiger partial charge on any atom is -0.408 e. The van der Waals surface area contributed by atoms with E-state index in [0.29, 0.717) is 0 Å². The molecule has 2 aliphatic heterocycles. The fourth-order valence-electron chi connectivity index (χ4n) is 2.57. The third-order valence-electron chi connectivity index (χ3n) is 3.08. The largest absolute Gasteiger partial charge is 0.408 e. The van der Waals surface area contributed by atoms with Gasteiger partial charge in [-0.3, -0.25) is 0 Å². The third kappa shape index (κ3) is 1.33. The van der Waals surface area contributed by atoms with Crippen molar-refractivity contribution in [2.24, 2.45) is 10.9 Å². The molecule has 2 atom stereocenters. The van der Waals surface area contributed by atoms with Crippen LogP contribution in [0.4, 0.5) is 0 Å². The van der Waals surface area contributed by atoms with Crippen LogP contribution in [0.15, 0.2) is 5.16 Å². The van der Waals surface area contributed by atoms with Gasteiger partial charge in [0.2, 0.25) is 5.96 Å². The summed E-state index contributed by atoms with van der Waals surface area (Å²) in [6, 6.07) is 0.536. The average Bonchev–Trinajstić information content (AvgIpc) is 2.37. The summed E-state index contributed by atoms with van der Waals surface area (Å²) in [5.41, 5.74) is 5.56. The fourth-order valence-corrected chi connectivity index (χ4v) is 2.57. The smallest absolute Gasteiger partial charge is 0.233 e. The first kappa shape index (κ1) is 8.62. The number of piperidine rings is 1. The number of fused-ring (bicyclic) bond motifs is 2. The van der Waals surface area contributed by atoms with E-state index in [9.17, 15) is 5.11 Å². The normalized spacial score (nSPS) is 39.6. The van der Waals surface area contributed by atoms with Crippen molar-refractivity contribution in [1.29, 1.82) is 0 Å². The van der Waals surface area contributed by atoms with Gasteiger partial charge in [0.05, 0.1) is 6.10 Å². The number of hydrogen-bond donors (Lipinski definition) is 3. The van der Waals surface area contributed by atoms with E-state index in [1.807, 2.05) is 4.90 Å². The van der Waals surface area contributed by atoms with Crippen molar-refractivity contribution in [3.63, 3.8) is 0 Å². The molecule has 2 fully saturated rings. The lowest BCUT2D eigenvalue weighted by Gasteiger charge is -2.37. The topological polar surface area (TPSA) is 82.1 Å². The van der Waals surface area contributed by atoms with Crippen molar-refractivity contribution < 1.29 is 10.3 Å². The highest BCUT2D eigenvalue weighted by Gasteiger charge is 2.41. The van der Waals surface area contributed by atoms with Crippen LogP contribution >= 0.6 is 0 Å². The van der Waals surface area contributed by atoms with Gasteiger partial charge in [-0.25, -0.2) is 0 Å². The molecule has 2 saturated heterocycles. The van der Waals surface area contributed by atoms with Gasteiger partial charge in [0.15, 0.2) is 0 Å². The molecule has 0 spiro atoms. The maximum Gasteiger partial charge on any atom is 0.233 e. The van der Waals surface area contributed by atoms with Crippen molar-refractivity contribution in [2.45, 2.75) is 43.9 Å². The number of oxime groups is 1. The van der Waals surface area contributed by atoms with Gasteiger partial charge in [0.1, 0.15) is 0 Å². The highest BCUT2D eigenvalue weighted by molar-refractivity contribution is 5.78. The van der Waals surface area contributed by atoms with Gasteiger partial charge >= 0.3 is 0 Å². The number of aliphatic hydroxyl groups excluding tert-OH is 1. The highest BCUT2D eigenvalue weighted by atomic mass is 16.4. The molecule has 74 valence electrons. The van der Waals surface area contributed by atoms with Crippen LogP contribution < -0.4 is 5.73 Å². The van der Waals surface area contributed by atoms with Crippen LogP contribution in [-0.4, -0.2) is 39.4 Å². The molecule has 0 saturated carbocycles. The molecule has 0 aromatic rings. The highest BCUT2D eigenvalue weighted by Crippen LogP contribution is 2.35. The van der Waals surface area contributed by atoms with Crippen LogP contribution in [0.1, 0.15) is 25.7 Å². The van der Waals surface area contributed by atoms with Crippen molar-refractivity contribution in [3.05, 3.63) is 0 Å². The maximum atomic E-state index is 9.49. The summed E-state index contributed by atoms with van der Waals surface area (Å²) in [6.07, 6.45) is 3.36. The van der Waals surface area contributed by atoms with Crippen LogP contribution in [0.5, 0.6) is 0 Å². The first-order chi connectivity index (χ1) is 6.22. The molecule has 2 rings (SSSR count). The van der Waals surface area contributed by atoms with Crippen LogP contribution in [0, 0.1) is 0 Å². The molecule has 2 aliphatic rings. The van der Waals surface area contributed by atoms with Crippen molar-refractivity contribution >= 4 is 5.96 Å². The predicted molar refractivity (Wildman–Crippen MR) is 47.3 cm³/mol. The number of nitrogens with two attached hydrogens (primary N) is 1. The van der Waals surface area contributed by atoms with E-state index in [-0.39, 0.29) is 24.1 Å². The molecule has 4 N–H and O–H groups in total. The molecule has 2 bridgehead atoms. The Morgan fingerprint density at radius 3 is 2.31 bits per heavy atom. The standard InChI is InChI=1S/C8H15N3O2/c9-8(10-13)11-5-1-2-6(11)4-7(12)3-5/h5-7,12-13H,1-4H2,(H2,9,10). The van der Waals surface area contributed by atoms with Crippen molar-refractivity contribution in [3.8, 4) is 0 Å². The minimum absolute atomic E-state index is 0.194. The van der Waals surface area contributed by atoms with Gasteiger partial charge < -0.3 is 20.9 Å². The zero-order valence-electron chi connectivity index (χ0n) is 7.43. The third-order valence-corrected chi connectivity index (χ3v) is 3.08. The van der Waals surface area contributed by atoms with Gasteiger partial charge in [-0.05, 0) is 25.7 Å². The Morgan fingerprint density at radius 1 is 1.31 bits per heavy atom. The Labute approximate surface area is 76.8 Å². The summed E-state index contributed by atoms with van der Waals surface area (Å²) in [4.78, 5) is 1.94. The molecule has 5 heteroatoms. The Kier molecular flexibility index (Phi) is 2.03. The van der Waals surface area contributed by atoms with E-state index in [0.717, 1.165) is 25.7 Å². The summed E-state index contributed by atoms with van der Waals surface area (Å²) in [7, 11) is 0. The lowest BCUT2D eigenvalue weighted by Crippen LogP contribution is -2.51. The number of guanidine groups is 1. The second-order valence-corrected chi connectivity index (χ2v) is 3.88. The molecular weight excluding hydrogens is 170 g/mol. The average molecular weight is 185 g/mol. The quantitative estimate of drug-likeness (QED) is 0.209. The predicted octanol–water partition coefficient (Wildman–Crippen LogP) is -0.322. The van der Waals surface area contributed by atoms with E-state index in [4.69, 9.17) is 10.9 Å². The Hall–Kier alpha value is -0.970. The second kappa shape index (κ2) is 3.06. The van der Waals surface area contributed by atoms with Crippen molar-refractivity contribution in [1.82, 2.24) is 4.90 Å². The monoisotopic (exact) mass is 185 g/mol. The minimum atomic E-state index is -0.208. The lowest BCUT2D eigenvalue weighted by molar-refractivity contribution is 0.0686. The van der Waals surface area contributed by atoms with Gasteiger partial charge in [-0.2, -0.15) is 0 Å². The lowest BCUT2D eigenvalue weighted by atomic mass is 10.0. The molecule has 2 unspecified atom stereocenters. The molecule has 0 aliphatic carbocycles. The summed E-state index contributed by atoms with van der Waals surface area (Å²) in [5, 5.41) is 21.1.